The summed E-state index contributed by atoms with van der Waals surface area (Å²) >= 11 is 0. The van der Waals surface area contributed by atoms with Crippen LogP contribution >= 0.6 is 0 Å². The lowest BCUT2D eigenvalue weighted by molar-refractivity contribution is -0.122. The maximum atomic E-state index is 11.1. The molecule has 4 heterocycles. The molecule has 0 spiro atoms. The summed E-state index contributed by atoms with van der Waals surface area (Å²) in [7, 11) is 3.18. The van der Waals surface area contributed by atoms with E-state index in [9.17, 15) is 10.2 Å². The van der Waals surface area contributed by atoms with Crippen molar-refractivity contribution in [2.75, 3.05) is 31.0 Å². The highest BCUT2D eigenvalue weighted by molar-refractivity contribution is 5.85. The number of methoxy groups -OCH3 is 2. The van der Waals surface area contributed by atoms with Crippen LogP contribution in [0.4, 0.5) is 17.5 Å². The zero-order valence-corrected chi connectivity index (χ0v) is 26.2. The molecule has 4 aromatic rings. The maximum absolute atomic E-state index is 11.1. The molecule has 4 atom stereocenters. The number of nitrogens with zero attached hydrogens (tertiary/aromatic N) is 6. The van der Waals surface area contributed by atoms with Crippen LogP contribution in [0.1, 0.15) is 64.3 Å². The van der Waals surface area contributed by atoms with Crippen molar-refractivity contribution < 1.29 is 38.8 Å². The van der Waals surface area contributed by atoms with Gasteiger partial charge in [-0.2, -0.15) is 9.97 Å². The van der Waals surface area contributed by atoms with Crippen molar-refractivity contribution in [2.24, 2.45) is 0 Å². The molecule has 5 rings (SSSR count). The lowest BCUT2D eigenvalue weighted by Crippen LogP contribution is -2.29. The number of carboxylic acid groups (broad SMARTS) is 1. The van der Waals surface area contributed by atoms with Crippen LogP contribution in [0.5, 0.6) is 11.5 Å². The summed E-state index contributed by atoms with van der Waals surface area (Å²) < 4.78 is 24.2. The number of ether oxygens (including phenoxy) is 3. The molecule has 15 heteroatoms. The molecule has 0 aliphatic carbocycles. The third kappa shape index (κ3) is 6.79. The lowest BCUT2D eigenvalue weighted by atomic mass is 10.1. The highest BCUT2D eigenvalue weighted by Crippen LogP contribution is 2.41. The van der Waals surface area contributed by atoms with Gasteiger partial charge in [0, 0.05) is 30.4 Å². The number of hydrogen-bond acceptors (Lipinski definition) is 13. The van der Waals surface area contributed by atoms with Gasteiger partial charge in [0.2, 0.25) is 5.95 Å². The average Bonchev–Trinajstić information content (AvgIpc) is 3.78. The Hall–Kier alpha value is -4.47. The molecule has 1 aromatic carbocycles. The van der Waals surface area contributed by atoms with Crippen molar-refractivity contribution in [2.45, 2.75) is 77.5 Å². The van der Waals surface area contributed by atoms with Gasteiger partial charge >= 0.3 is 0 Å². The summed E-state index contributed by atoms with van der Waals surface area (Å²) in [4.78, 5) is 24.8. The summed E-state index contributed by atoms with van der Waals surface area (Å²) in [6.45, 7) is 8.48. The van der Waals surface area contributed by atoms with Crippen LogP contribution in [0.15, 0.2) is 35.1 Å². The third-order valence-electron chi connectivity index (χ3n) is 7.70. The maximum Gasteiger partial charge on any atom is 0.290 e. The van der Waals surface area contributed by atoms with Crippen LogP contribution < -0.4 is 19.7 Å². The zero-order valence-electron chi connectivity index (χ0n) is 26.2. The van der Waals surface area contributed by atoms with Crippen molar-refractivity contribution in [3.63, 3.8) is 0 Å². The van der Waals surface area contributed by atoms with E-state index in [4.69, 9.17) is 38.6 Å². The number of carbonyl (C=O) groups is 1. The number of rotatable bonds is 12. The molecule has 3 aromatic heterocycles. The van der Waals surface area contributed by atoms with E-state index in [1.807, 2.05) is 36.9 Å². The SMILES string of the molecule is CCc1cc([C@H]2O[C@@H](n3cnc4c(NC(CC)CC)nc(N(CC)c5ccc(OC)c(OC)c5)nc43)[C@H](O)[C@@H]2O)on1.O=CO. The number of aliphatic hydroxyl groups excluding tert-OH is 2. The quantitative estimate of drug-likeness (QED) is 0.166. The Kier molecular flexibility index (Phi) is 11.1. The predicted octanol–water partition coefficient (Wildman–Crippen LogP) is 3.85. The number of aryl methyl sites for hydroxylation is 1. The number of nitrogens with one attached hydrogen (secondary N) is 1. The molecule has 1 aliphatic rings. The van der Waals surface area contributed by atoms with Gasteiger partial charge in [-0.15, -0.1) is 0 Å². The molecule has 0 unspecified atom stereocenters. The van der Waals surface area contributed by atoms with Gasteiger partial charge in [-0.3, -0.25) is 9.36 Å². The van der Waals surface area contributed by atoms with E-state index in [2.05, 4.69) is 29.3 Å². The summed E-state index contributed by atoms with van der Waals surface area (Å²) in [5.74, 6) is 2.52. The smallest absolute Gasteiger partial charge is 0.290 e. The van der Waals surface area contributed by atoms with Crippen molar-refractivity contribution in [1.82, 2.24) is 24.7 Å². The molecule has 0 radical (unpaired) electrons. The molecule has 1 fully saturated rings. The summed E-state index contributed by atoms with van der Waals surface area (Å²) in [5.41, 5.74) is 2.50. The molecule has 0 amide bonds. The molecular formula is C30H41N7O8. The van der Waals surface area contributed by atoms with Gasteiger partial charge < -0.3 is 44.3 Å². The van der Waals surface area contributed by atoms with E-state index in [1.54, 1.807) is 31.2 Å². The minimum absolute atomic E-state index is 0.163. The van der Waals surface area contributed by atoms with Crippen LogP contribution in [-0.2, 0) is 16.0 Å². The van der Waals surface area contributed by atoms with E-state index >= 15 is 0 Å². The Balaban J connectivity index is 0.00000148. The minimum Gasteiger partial charge on any atom is -0.493 e. The van der Waals surface area contributed by atoms with Gasteiger partial charge in [0.25, 0.3) is 6.47 Å². The van der Waals surface area contributed by atoms with Crippen molar-refractivity contribution in [1.29, 1.82) is 0 Å². The first-order valence-electron chi connectivity index (χ1n) is 14.8. The van der Waals surface area contributed by atoms with E-state index in [1.165, 1.54) is 0 Å². The largest absolute Gasteiger partial charge is 0.493 e. The zero-order chi connectivity index (χ0) is 32.7. The number of aromatic nitrogens is 5. The molecular weight excluding hydrogens is 586 g/mol. The Morgan fingerprint density at radius 3 is 2.38 bits per heavy atom. The fraction of sp³-hybridized carbons (Fsp3) is 0.500. The first-order chi connectivity index (χ1) is 21.8. The first kappa shape index (κ1) is 33.4. The number of fused-ring (bicyclic) bond motifs is 1. The second-order valence-corrected chi connectivity index (χ2v) is 10.2. The molecule has 15 nitrogen and oxygen atoms in total. The molecule has 0 bridgehead atoms. The standard InChI is InChI=1S/C29H39N7O6.CH2O2/c1-7-16(8-2)31-26-22-27(33-29(32-26)35(10-4)18-11-12-19(39-5)20(14-18)40-6)36(15-30-22)28-24(38)23(37)25(41-28)21-13-17(9-3)34-42-21;2-1-3/h11-16,23-25,28,37-38H,7-10H2,1-6H3,(H,31,32,33);1H,(H,2,3)/t23-,24+,25+,28+;/m0./s1. The lowest BCUT2D eigenvalue weighted by Gasteiger charge is -2.24. The predicted molar refractivity (Wildman–Crippen MR) is 165 cm³/mol. The van der Waals surface area contributed by atoms with Crippen molar-refractivity contribution in [3.05, 3.63) is 42.0 Å². The monoisotopic (exact) mass is 627 g/mol. The van der Waals surface area contributed by atoms with Crippen molar-refractivity contribution in [3.8, 4) is 11.5 Å². The fourth-order valence-corrected chi connectivity index (χ4v) is 5.18. The molecule has 244 valence electrons. The second-order valence-electron chi connectivity index (χ2n) is 10.2. The Bertz CT molecular complexity index is 1560. The van der Waals surface area contributed by atoms with Gasteiger partial charge in [-0.05, 0) is 38.3 Å². The fourth-order valence-electron chi connectivity index (χ4n) is 5.18. The minimum atomic E-state index is -1.27. The molecule has 4 N–H and O–H groups in total. The summed E-state index contributed by atoms with van der Waals surface area (Å²) in [6, 6.07) is 7.51. The Labute approximate surface area is 260 Å². The van der Waals surface area contributed by atoms with Gasteiger partial charge in [0.1, 0.15) is 18.3 Å². The molecule has 45 heavy (non-hydrogen) atoms. The number of hydrogen-bond donors (Lipinski definition) is 4. The highest BCUT2D eigenvalue weighted by atomic mass is 16.6. The van der Waals surface area contributed by atoms with E-state index in [0.29, 0.717) is 53.2 Å². The Morgan fingerprint density at radius 1 is 1.07 bits per heavy atom. The van der Waals surface area contributed by atoms with Gasteiger partial charge in [-0.25, -0.2) is 4.98 Å². The second kappa shape index (κ2) is 15.0. The van der Waals surface area contributed by atoms with Crippen LogP contribution in [0, 0.1) is 0 Å². The van der Waals surface area contributed by atoms with Gasteiger partial charge in [0.05, 0.1) is 26.2 Å². The first-order valence-corrected chi connectivity index (χ1v) is 14.8. The van der Waals surface area contributed by atoms with Crippen LogP contribution in [0.2, 0.25) is 0 Å². The molecule has 1 aliphatic heterocycles. The summed E-state index contributed by atoms with van der Waals surface area (Å²) in [5, 5.41) is 36.4. The van der Waals surface area contributed by atoms with Gasteiger partial charge in [0.15, 0.2) is 40.5 Å². The van der Waals surface area contributed by atoms with Crippen LogP contribution in [0.25, 0.3) is 11.2 Å². The average molecular weight is 628 g/mol. The third-order valence-corrected chi connectivity index (χ3v) is 7.70. The van der Waals surface area contributed by atoms with E-state index < -0.39 is 24.5 Å². The Morgan fingerprint density at radius 2 is 1.78 bits per heavy atom. The number of anilines is 3. The number of aliphatic hydroxyl groups is 2. The molecule has 1 saturated heterocycles. The van der Waals surface area contributed by atoms with Crippen LogP contribution in [0.3, 0.4) is 0 Å². The number of imidazole rings is 1. The van der Waals surface area contributed by atoms with Crippen molar-refractivity contribution >= 4 is 35.1 Å². The van der Waals surface area contributed by atoms with E-state index in [0.717, 1.165) is 24.2 Å². The normalized spacial score (nSPS) is 19.3. The number of benzene rings is 1. The van der Waals surface area contributed by atoms with Crippen LogP contribution in [-0.4, -0.2) is 85.5 Å². The van der Waals surface area contributed by atoms with E-state index in [-0.39, 0.29) is 12.5 Å². The molecule has 0 saturated carbocycles. The highest BCUT2D eigenvalue weighted by Gasteiger charge is 2.47. The summed E-state index contributed by atoms with van der Waals surface area (Å²) in [6.07, 6.45) is -0.403. The topological polar surface area (TPSA) is 190 Å². The van der Waals surface area contributed by atoms with Gasteiger partial charge in [-0.1, -0.05) is 25.9 Å².